The van der Waals surface area contributed by atoms with Crippen molar-refractivity contribution in [3.8, 4) is 0 Å². The summed E-state index contributed by atoms with van der Waals surface area (Å²) in [6, 6.07) is 4.42. The monoisotopic (exact) mass is 597 g/mol. The van der Waals surface area contributed by atoms with Gasteiger partial charge in [-0.3, -0.25) is 9.59 Å². The third-order valence-electron chi connectivity index (χ3n) is 7.21. The number of pyridine rings is 1. The molecule has 1 saturated heterocycles. The summed E-state index contributed by atoms with van der Waals surface area (Å²) in [4.78, 5) is 36.5. The van der Waals surface area contributed by atoms with Crippen LogP contribution in [0.5, 0.6) is 0 Å². The fraction of sp³-hybridized carbons (Fsp3) is 0.481. The Labute approximate surface area is 238 Å². The molecule has 2 atom stereocenters. The topological polar surface area (TPSA) is 108 Å². The van der Waals surface area contributed by atoms with E-state index in [1.807, 2.05) is 0 Å². The Hall–Kier alpha value is -3.36. The van der Waals surface area contributed by atoms with Crippen LogP contribution in [-0.2, 0) is 14.3 Å². The third-order valence-corrected chi connectivity index (χ3v) is 8.09. The Morgan fingerprint density at radius 1 is 1.17 bits per heavy atom. The van der Waals surface area contributed by atoms with Crippen molar-refractivity contribution >= 4 is 44.9 Å². The van der Waals surface area contributed by atoms with Crippen LogP contribution in [0.25, 0.3) is 10.3 Å². The van der Waals surface area contributed by atoms with Crippen molar-refractivity contribution < 1.29 is 37.0 Å². The number of likely N-dealkylation sites (tertiary alicyclic amines) is 1. The number of aryl methyl sites for hydroxylation is 1. The molecule has 3 aromatic rings. The largest absolute Gasteiger partial charge is 0.387 e. The SMILES string of the molecule is COC(c1c(Nc2ccc([C@@H](C(F)F)N(C)C(=O)C3CCN(C(=O)CO)CC3)cc2)cnc2sc(C)nc12)C(F)F. The molecule has 1 aliphatic heterocycles. The lowest BCUT2D eigenvalue weighted by atomic mass is 9.94. The summed E-state index contributed by atoms with van der Waals surface area (Å²) in [5.41, 5.74) is 1.30. The van der Waals surface area contributed by atoms with Crippen LogP contribution in [0.1, 0.15) is 41.1 Å². The van der Waals surface area contributed by atoms with Crippen molar-refractivity contribution in [2.45, 2.75) is 44.8 Å². The van der Waals surface area contributed by atoms with Crippen LogP contribution in [-0.4, -0.2) is 83.4 Å². The zero-order valence-corrected chi connectivity index (χ0v) is 23.5. The van der Waals surface area contributed by atoms with Gasteiger partial charge in [0.1, 0.15) is 29.1 Å². The van der Waals surface area contributed by atoms with Crippen LogP contribution in [0.2, 0.25) is 0 Å². The Bertz CT molecular complexity index is 1370. The average molecular weight is 598 g/mol. The number of aromatic nitrogens is 2. The maximum Gasteiger partial charge on any atom is 0.268 e. The van der Waals surface area contributed by atoms with Gasteiger partial charge in [0.05, 0.1) is 16.9 Å². The van der Waals surface area contributed by atoms with Gasteiger partial charge >= 0.3 is 0 Å². The van der Waals surface area contributed by atoms with Crippen LogP contribution in [0.15, 0.2) is 30.5 Å². The minimum atomic E-state index is -2.88. The first-order valence-corrected chi connectivity index (χ1v) is 13.7. The van der Waals surface area contributed by atoms with E-state index in [-0.39, 0.29) is 29.9 Å². The molecule has 3 heterocycles. The molecule has 222 valence electrons. The highest BCUT2D eigenvalue weighted by Gasteiger charge is 2.35. The second-order valence-corrected chi connectivity index (χ2v) is 10.9. The van der Waals surface area contributed by atoms with E-state index in [9.17, 15) is 27.2 Å². The van der Waals surface area contributed by atoms with E-state index >= 15 is 0 Å². The lowest BCUT2D eigenvalue weighted by Crippen LogP contribution is -2.45. The third kappa shape index (κ3) is 6.60. The molecule has 1 fully saturated rings. The number of carbonyl (C=O) groups excluding carboxylic acids is 2. The number of ether oxygens (including phenoxy) is 1. The van der Waals surface area contributed by atoms with Crippen molar-refractivity contribution in [3.63, 3.8) is 0 Å². The average Bonchev–Trinajstić information content (AvgIpc) is 3.34. The highest BCUT2D eigenvalue weighted by molar-refractivity contribution is 7.18. The van der Waals surface area contributed by atoms with E-state index in [2.05, 4.69) is 15.3 Å². The molecule has 9 nitrogen and oxygen atoms in total. The summed E-state index contributed by atoms with van der Waals surface area (Å²) in [5.74, 6) is -1.41. The number of nitrogens with zero attached hydrogens (tertiary/aromatic N) is 4. The fourth-order valence-corrected chi connectivity index (χ4v) is 5.87. The Morgan fingerprint density at radius 3 is 2.39 bits per heavy atom. The van der Waals surface area contributed by atoms with E-state index in [0.717, 1.165) is 4.90 Å². The molecule has 0 saturated carbocycles. The quantitative estimate of drug-likeness (QED) is 0.327. The van der Waals surface area contributed by atoms with Crippen molar-refractivity contribution in [1.82, 2.24) is 19.8 Å². The molecular weight excluding hydrogens is 566 g/mol. The second-order valence-electron chi connectivity index (χ2n) is 9.75. The van der Waals surface area contributed by atoms with Gasteiger partial charge in [0.15, 0.2) is 0 Å². The zero-order valence-electron chi connectivity index (χ0n) is 22.7. The molecule has 0 aliphatic carbocycles. The van der Waals surface area contributed by atoms with Crippen molar-refractivity contribution in [3.05, 3.63) is 46.6 Å². The first-order chi connectivity index (χ1) is 19.5. The Morgan fingerprint density at radius 2 is 1.83 bits per heavy atom. The van der Waals surface area contributed by atoms with Gasteiger partial charge in [0.2, 0.25) is 11.8 Å². The van der Waals surface area contributed by atoms with E-state index in [1.54, 1.807) is 6.92 Å². The van der Waals surface area contributed by atoms with Crippen LogP contribution in [0.3, 0.4) is 0 Å². The smallest absolute Gasteiger partial charge is 0.268 e. The number of amides is 2. The predicted octanol–water partition coefficient (Wildman–Crippen LogP) is 4.69. The van der Waals surface area contributed by atoms with Gasteiger partial charge in [-0.25, -0.2) is 27.5 Å². The van der Waals surface area contributed by atoms with Crippen LogP contribution >= 0.6 is 11.3 Å². The van der Waals surface area contributed by atoms with E-state index in [4.69, 9.17) is 9.84 Å². The van der Waals surface area contributed by atoms with Gasteiger partial charge in [0, 0.05) is 44.4 Å². The number of benzene rings is 1. The van der Waals surface area contributed by atoms with Gasteiger partial charge in [0.25, 0.3) is 12.9 Å². The summed E-state index contributed by atoms with van der Waals surface area (Å²) in [5, 5.41) is 12.7. The van der Waals surface area contributed by atoms with Gasteiger partial charge in [-0.2, -0.15) is 0 Å². The summed E-state index contributed by atoms with van der Waals surface area (Å²) in [6.07, 6.45) is -5.25. The standard InChI is InChI=1S/C27H31F4N5O4S/c1-14-33-21-20(23(40-3)25(30)31)18(12-32-26(21)41-14)34-17-6-4-15(5-7-17)22(24(28)29)35(2)27(39)16-8-10-36(11-9-16)19(38)13-37/h4-7,12,16,22-25,34,37H,8-11,13H2,1-3H3/t22-,23?/m0/s1. The van der Waals surface area contributed by atoms with E-state index in [1.165, 1.54) is 60.9 Å². The fourth-order valence-electron chi connectivity index (χ4n) is 5.09. The molecule has 0 bridgehead atoms. The molecule has 41 heavy (non-hydrogen) atoms. The molecule has 2 amide bonds. The summed E-state index contributed by atoms with van der Waals surface area (Å²) in [7, 11) is 2.51. The number of carbonyl (C=O) groups is 2. The zero-order chi connectivity index (χ0) is 29.8. The van der Waals surface area contributed by atoms with Gasteiger partial charge in [-0.05, 0) is 37.5 Å². The van der Waals surface area contributed by atoms with Crippen LogP contribution in [0, 0.1) is 12.8 Å². The summed E-state index contributed by atoms with van der Waals surface area (Å²) >= 11 is 1.27. The number of aliphatic hydroxyl groups excluding tert-OH is 1. The molecule has 1 aromatic carbocycles. The maximum absolute atomic E-state index is 14.2. The summed E-state index contributed by atoms with van der Waals surface area (Å²) in [6.45, 7) is 1.66. The predicted molar refractivity (Wildman–Crippen MR) is 146 cm³/mol. The van der Waals surface area contributed by atoms with E-state index < -0.39 is 49.3 Å². The van der Waals surface area contributed by atoms with Crippen molar-refractivity contribution in [2.75, 3.05) is 39.2 Å². The number of methoxy groups -OCH3 is 1. The number of hydrogen-bond donors (Lipinski definition) is 2. The molecular formula is C27H31F4N5O4S. The van der Waals surface area contributed by atoms with Crippen LogP contribution < -0.4 is 5.32 Å². The first-order valence-electron chi connectivity index (χ1n) is 12.9. The van der Waals surface area contributed by atoms with Crippen molar-refractivity contribution in [1.29, 1.82) is 0 Å². The molecule has 0 spiro atoms. The number of thiazole rings is 1. The second kappa shape index (κ2) is 13.1. The minimum absolute atomic E-state index is 0.142. The number of alkyl halides is 4. The molecule has 2 aromatic heterocycles. The molecule has 14 heteroatoms. The number of hydrogen-bond acceptors (Lipinski definition) is 8. The summed E-state index contributed by atoms with van der Waals surface area (Å²) < 4.78 is 61.3. The lowest BCUT2D eigenvalue weighted by Gasteiger charge is -2.35. The molecule has 1 unspecified atom stereocenters. The normalized spacial score (nSPS) is 15.9. The Balaban J connectivity index is 1.54. The van der Waals surface area contributed by atoms with E-state index in [0.29, 0.717) is 33.9 Å². The number of halogens is 4. The molecule has 2 N–H and O–H groups in total. The van der Waals surface area contributed by atoms with Gasteiger partial charge in [-0.15, -0.1) is 0 Å². The maximum atomic E-state index is 14.2. The minimum Gasteiger partial charge on any atom is -0.387 e. The van der Waals surface area contributed by atoms with Crippen LogP contribution in [0.4, 0.5) is 28.9 Å². The number of anilines is 2. The number of rotatable bonds is 10. The highest BCUT2D eigenvalue weighted by atomic mass is 32.1. The van der Waals surface area contributed by atoms with Gasteiger partial charge in [-0.1, -0.05) is 23.5 Å². The van der Waals surface area contributed by atoms with Crippen molar-refractivity contribution in [2.24, 2.45) is 5.92 Å². The van der Waals surface area contributed by atoms with Gasteiger partial charge < -0.3 is 25.0 Å². The molecule has 1 aliphatic rings. The lowest BCUT2D eigenvalue weighted by molar-refractivity contribution is -0.144. The first kappa shape index (κ1) is 30.6. The number of aliphatic hydroxyl groups is 1. The number of fused-ring (bicyclic) bond motifs is 1. The Kier molecular flexibility index (Phi) is 9.76. The number of nitrogens with one attached hydrogen (secondary N) is 1. The molecule has 0 radical (unpaired) electrons. The molecule has 4 rings (SSSR count). The highest BCUT2D eigenvalue weighted by Crippen LogP contribution is 2.38. The number of piperidine rings is 1.